The molecule has 12 heteroatoms. The van der Waals surface area contributed by atoms with E-state index < -0.39 is 5.92 Å². The Morgan fingerprint density at radius 2 is 2.00 bits per heavy atom. The van der Waals surface area contributed by atoms with Gasteiger partial charge in [-0.1, -0.05) is 18.7 Å². The molecule has 3 heterocycles. The van der Waals surface area contributed by atoms with Gasteiger partial charge in [0.05, 0.1) is 37.8 Å². The quantitative estimate of drug-likeness (QED) is 0.180. The molecule has 0 spiro atoms. The lowest BCUT2D eigenvalue weighted by atomic mass is 10.1. The van der Waals surface area contributed by atoms with Crippen LogP contribution in [-0.2, 0) is 20.9 Å². The van der Waals surface area contributed by atoms with Gasteiger partial charge in [0.2, 0.25) is 11.8 Å². The SMILES string of the molecule is CCCSc1nc(NCCOCC)c2cnn(CCNC(=O)C3CC(=O)N(c4ccc(OC)cc4)C3)c2n1. The fourth-order valence-electron chi connectivity index (χ4n) is 4.20. The van der Waals surface area contributed by atoms with E-state index in [1.807, 2.05) is 19.1 Å². The topological polar surface area (TPSA) is 123 Å². The number of amides is 2. The summed E-state index contributed by atoms with van der Waals surface area (Å²) in [6, 6.07) is 7.27. The van der Waals surface area contributed by atoms with Gasteiger partial charge in [0, 0.05) is 44.1 Å². The second-order valence-electron chi connectivity index (χ2n) is 8.83. The summed E-state index contributed by atoms with van der Waals surface area (Å²) in [7, 11) is 1.60. The van der Waals surface area contributed by atoms with Crippen LogP contribution in [0.1, 0.15) is 26.7 Å². The van der Waals surface area contributed by atoms with Crippen LogP contribution in [0.2, 0.25) is 0 Å². The average molecular weight is 542 g/mol. The predicted octanol–water partition coefficient (Wildman–Crippen LogP) is 2.95. The molecule has 0 saturated carbocycles. The number of carbonyl (C=O) groups is 2. The molecule has 2 N–H and O–H groups in total. The van der Waals surface area contributed by atoms with Crippen LogP contribution < -0.4 is 20.3 Å². The van der Waals surface area contributed by atoms with E-state index in [9.17, 15) is 9.59 Å². The molecule has 2 aromatic heterocycles. The molecule has 1 aromatic carbocycles. The zero-order valence-corrected chi connectivity index (χ0v) is 22.9. The lowest BCUT2D eigenvalue weighted by Crippen LogP contribution is -2.35. The number of aromatic nitrogens is 4. The number of rotatable bonds is 14. The molecule has 1 aliphatic rings. The Balaban J connectivity index is 1.37. The Bertz CT molecular complexity index is 1230. The summed E-state index contributed by atoms with van der Waals surface area (Å²) in [4.78, 5) is 36.5. The summed E-state index contributed by atoms with van der Waals surface area (Å²) in [6.45, 7) is 7.13. The Morgan fingerprint density at radius 1 is 1.18 bits per heavy atom. The molecule has 4 rings (SSSR count). The van der Waals surface area contributed by atoms with E-state index in [-0.39, 0.29) is 18.2 Å². The van der Waals surface area contributed by atoms with Gasteiger partial charge in [0.1, 0.15) is 11.6 Å². The summed E-state index contributed by atoms with van der Waals surface area (Å²) >= 11 is 1.60. The summed E-state index contributed by atoms with van der Waals surface area (Å²) in [5, 5.41) is 12.3. The number of methoxy groups -OCH3 is 1. The van der Waals surface area contributed by atoms with Gasteiger partial charge in [0.15, 0.2) is 10.8 Å². The summed E-state index contributed by atoms with van der Waals surface area (Å²) < 4.78 is 12.4. The van der Waals surface area contributed by atoms with Crippen molar-refractivity contribution in [3.63, 3.8) is 0 Å². The highest BCUT2D eigenvalue weighted by Gasteiger charge is 2.35. The molecular formula is C26H35N7O4S. The van der Waals surface area contributed by atoms with Crippen LogP contribution in [0.5, 0.6) is 5.75 Å². The molecule has 1 fully saturated rings. The number of hydrogen-bond donors (Lipinski definition) is 2. The minimum absolute atomic E-state index is 0.0634. The van der Waals surface area contributed by atoms with Crippen molar-refractivity contribution in [1.29, 1.82) is 0 Å². The van der Waals surface area contributed by atoms with Crippen LogP contribution in [0.25, 0.3) is 11.0 Å². The van der Waals surface area contributed by atoms with Gasteiger partial charge in [-0.05, 0) is 37.6 Å². The molecule has 0 aliphatic carbocycles. The maximum Gasteiger partial charge on any atom is 0.227 e. The largest absolute Gasteiger partial charge is 0.497 e. The van der Waals surface area contributed by atoms with Crippen molar-refractivity contribution in [2.24, 2.45) is 5.92 Å². The summed E-state index contributed by atoms with van der Waals surface area (Å²) in [5.74, 6) is 1.76. The van der Waals surface area contributed by atoms with Crippen molar-refractivity contribution >= 4 is 46.1 Å². The Kier molecular flexibility index (Phi) is 9.77. The molecule has 204 valence electrons. The van der Waals surface area contributed by atoms with Crippen molar-refractivity contribution in [2.75, 3.05) is 55.9 Å². The number of nitrogens with zero attached hydrogens (tertiary/aromatic N) is 5. The standard InChI is InChI=1S/C26H35N7O4S/c1-4-14-38-26-30-23(27-11-13-37-5-2)21-16-29-33(24(21)31-26)12-10-28-25(35)18-15-22(34)32(17-18)19-6-8-20(36-3)9-7-19/h6-9,16,18H,4-5,10-15,17H2,1-3H3,(H,28,35)(H,27,30,31). The number of thioether (sulfide) groups is 1. The average Bonchev–Trinajstić information content (AvgIpc) is 3.53. The lowest BCUT2D eigenvalue weighted by Gasteiger charge is -2.17. The van der Waals surface area contributed by atoms with Gasteiger partial charge in [-0.2, -0.15) is 5.10 Å². The summed E-state index contributed by atoms with van der Waals surface area (Å²) in [5.41, 5.74) is 1.48. The van der Waals surface area contributed by atoms with Crippen LogP contribution in [0, 0.1) is 5.92 Å². The number of fused-ring (bicyclic) bond motifs is 1. The zero-order chi connectivity index (χ0) is 26.9. The first-order valence-corrected chi connectivity index (χ1v) is 13.9. The van der Waals surface area contributed by atoms with Crippen LogP contribution in [0.4, 0.5) is 11.5 Å². The third-order valence-electron chi connectivity index (χ3n) is 6.16. The van der Waals surface area contributed by atoms with Crippen molar-refractivity contribution in [3.05, 3.63) is 30.5 Å². The van der Waals surface area contributed by atoms with Crippen molar-refractivity contribution in [3.8, 4) is 5.75 Å². The van der Waals surface area contributed by atoms with Crippen LogP contribution >= 0.6 is 11.8 Å². The molecule has 0 radical (unpaired) electrons. The van der Waals surface area contributed by atoms with E-state index in [0.717, 1.165) is 34.8 Å². The molecule has 38 heavy (non-hydrogen) atoms. The number of ether oxygens (including phenoxy) is 2. The monoisotopic (exact) mass is 541 g/mol. The fourth-order valence-corrected chi connectivity index (χ4v) is 4.90. The molecule has 1 aliphatic heterocycles. The van der Waals surface area contributed by atoms with Crippen molar-refractivity contribution in [2.45, 2.75) is 38.4 Å². The van der Waals surface area contributed by atoms with Gasteiger partial charge in [-0.3, -0.25) is 9.59 Å². The van der Waals surface area contributed by atoms with Gasteiger partial charge in [0.25, 0.3) is 0 Å². The van der Waals surface area contributed by atoms with Gasteiger partial charge in [-0.25, -0.2) is 14.6 Å². The molecule has 2 amide bonds. The van der Waals surface area contributed by atoms with E-state index in [1.165, 1.54) is 0 Å². The Morgan fingerprint density at radius 3 is 2.74 bits per heavy atom. The zero-order valence-electron chi connectivity index (χ0n) is 22.1. The van der Waals surface area contributed by atoms with Crippen molar-refractivity contribution < 1.29 is 19.1 Å². The molecule has 1 unspecified atom stereocenters. The highest BCUT2D eigenvalue weighted by atomic mass is 32.2. The van der Waals surface area contributed by atoms with Gasteiger partial charge < -0.3 is 25.0 Å². The molecule has 11 nitrogen and oxygen atoms in total. The number of hydrogen-bond acceptors (Lipinski definition) is 9. The lowest BCUT2D eigenvalue weighted by molar-refractivity contribution is -0.126. The van der Waals surface area contributed by atoms with E-state index >= 15 is 0 Å². The number of anilines is 2. The molecule has 1 saturated heterocycles. The first-order chi connectivity index (χ1) is 18.5. The second kappa shape index (κ2) is 13.4. The van der Waals surface area contributed by atoms with Crippen molar-refractivity contribution in [1.82, 2.24) is 25.1 Å². The third kappa shape index (κ3) is 6.73. The predicted molar refractivity (Wildman–Crippen MR) is 148 cm³/mol. The second-order valence-corrected chi connectivity index (χ2v) is 9.89. The maximum atomic E-state index is 12.9. The maximum absolute atomic E-state index is 12.9. The van der Waals surface area contributed by atoms with E-state index in [0.29, 0.717) is 50.2 Å². The van der Waals surface area contributed by atoms with Crippen LogP contribution in [0.3, 0.4) is 0 Å². The highest BCUT2D eigenvalue weighted by molar-refractivity contribution is 7.99. The fraction of sp³-hybridized carbons (Fsp3) is 0.500. The molecule has 1 atom stereocenters. The minimum atomic E-state index is -0.403. The molecule has 3 aromatic rings. The number of benzene rings is 1. The normalized spacial score (nSPS) is 15.3. The van der Waals surface area contributed by atoms with Gasteiger partial charge >= 0.3 is 0 Å². The third-order valence-corrected chi connectivity index (χ3v) is 7.21. The number of carbonyl (C=O) groups excluding carboxylic acids is 2. The summed E-state index contributed by atoms with van der Waals surface area (Å²) in [6.07, 6.45) is 2.95. The van der Waals surface area contributed by atoms with E-state index in [2.05, 4.69) is 27.6 Å². The Hall–Kier alpha value is -3.38. The van der Waals surface area contributed by atoms with Gasteiger partial charge in [-0.15, -0.1) is 0 Å². The first kappa shape index (κ1) is 27.6. The molecule has 0 bridgehead atoms. The first-order valence-electron chi connectivity index (χ1n) is 12.9. The number of nitrogens with one attached hydrogen (secondary N) is 2. The Labute approximate surface area is 226 Å². The van der Waals surface area contributed by atoms with E-state index in [1.54, 1.807) is 46.8 Å². The highest BCUT2D eigenvalue weighted by Crippen LogP contribution is 2.27. The molecular weight excluding hydrogens is 506 g/mol. The minimum Gasteiger partial charge on any atom is -0.497 e. The van der Waals surface area contributed by atoms with Crippen LogP contribution in [-0.4, -0.2) is 77.3 Å². The van der Waals surface area contributed by atoms with Crippen LogP contribution in [0.15, 0.2) is 35.6 Å². The van der Waals surface area contributed by atoms with E-state index in [4.69, 9.17) is 14.5 Å². The smallest absolute Gasteiger partial charge is 0.227 e.